The number of halogens is 3. The summed E-state index contributed by atoms with van der Waals surface area (Å²) >= 11 is 0. The summed E-state index contributed by atoms with van der Waals surface area (Å²) in [6.45, 7) is 2.26. The van der Waals surface area contributed by atoms with E-state index < -0.39 is 17.5 Å². The highest BCUT2D eigenvalue weighted by Crippen LogP contribution is 2.39. The molecule has 1 unspecified atom stereocenters. The van der Waals surface area contributed by atoms with Crippen molar-refractivity contribution in [3.8, 4) is 0 Å². The van der Waals surface area contributed by atoms with Gasteiger partial charge in [0.15, 0.2) is 17.5 Å². The number of benzene rings is 1. The third-order valence-electron chi connectivity index (χ3n) is 6.60. The van der Waals surface area contributed by atoms with Crippen molar-refractivity contribution in [3.63, 3.8) is 0 Å². The molecule has 0 N–H and O–H groups in total. The fourth-order valence-electron chi connectivity index (χ4n) is 4.80. The van der Waals surface area contributed by atoms with Crippen LogP contribution < -0.4 is 0 Å². The fraction of sp³-hybridized carbons (Fsp3) is 0.600. The van der Waals surface area contributed by atoms with Crippen molar-refractivity contribution >= 4 is 0 Å². The van der Waals surface area contributed by atoms with Crippen LogP contribution in [0, 0.1) is 29.3 Å². The first-order chi connectivity index (χ1) is 13.6. The van der Waals surface area contributed by atoms with Gasteiger partial charge in [-0.3, -0.25) is 0 Å². The highest BCUT2D eigenvalue weighted by atomic mass is 19.2. The summed E-state index contributed by atoms with van der Waals surface area (Å²) in [6, 6.07) is 2.25. The van der Waals surface area contributed by atoms with Crippen LogP contribution >= 0.6 is 0 Å². The summed E-state index contributed by atoms with van der Waals surface area (Å²) < 4.78 is 40.2. The molecule has 3 rings (SSSR count). The first kappa shape index (κ1) is 21.2. The first-order valence-electron chi connectivity index (χ1n) is 11.1. The molecule has 1 saturated carbocycles. The summed E-state index contributed by atoms with van der Waals surface area (Å²) in [6.07, 6.45) is 20.5. The summed E-state index contributed by atoms with van der Waals surface area (Å²) in [5, 5.41) is 0. The quantitative estimate of drug-likeness (QED) is 0.310. The number of unbranched alkanes of at least 4 members (excludes halogenated alkanes) is 4. The van der Waals surface area contributed by atoms with E-state index in [1.165, 1.54) is 69.8 Å². The predicted octanol–water partition coefficient (Wildman–Crippen LogP) is 8.24. The highest BCUT2D eigenvalue weighted by molar-refractivity contribution is 5.35. The number of allylic oxidation sites excluding steroid dienone is 4. The van der Waals surface area contributed by atoms with Gasteiger partial charge in [-0.2, -0.15) is 0 Å². The normalized spacial score (nSPS) is 25.0. The van der Waals surface area contributed by atoms with Crippen LogP contribution in [-0.2, 0) is 0 Å². The van der Waals surface area contributed by atoms with Gasteiger partial charge in [0.2, 0.25) is 0 Å². The van der Waals surface area contributed by atoms with Crippen molar-refractivity contribution in [2.45, 2.75) is 83.5 Å². The van der Waals surface area contributed by atoms with Crippen LogP contribution in [0.2, 0.25) is 0 Å². The molecular formula is C25H33F3. The van der Waals surface area contributed by atoms with Gasteiger partial charge in [0, 0.05) is 5.92 Å². The zero-order valence-electron chi connectivity index (χ0n) is 17.0. The highest BCUT2D eigenvalue weighted by Gasteiger charge is 2.24. The first-order valence-corrected chi connectivity index (χ1v) is 11.1. The van der Waals surface area contributed by atoms with E-state index in [1.807, 2.05) is 6.08 Å². The summed E-state index contributed by atoms with van der Waals surface area (Å²) in [5.74, 6) is -2.16. The second-order valence-corrected chi connectivity index (χ2v) is 8.62. The zero-order chi connectivity index (χ0) is 19.9. The molecule has 0 spiro atoms. The lowest BCUT2D eigenvalue weighted by atomic mass is 9.75. The number of rotatable bonds is 8. The molecule has 28 heavy (non-hydrogen) atoms. The maximum absolute atomic E-state index is 13.5. The van der Waals surface area contributed by atoms with Gasteiger partial charge >= 0.3 is 0 Å². The van der Waals surface area contributed by atoms with Gasteiger partial charge in [-0.05, 0) is 67.2 Å². The predicted molar refractivity (Wildman–Crippen MR) is 110 cm³/mol. The van der Waals surface area contributed by atoms with E-state index in [2.05, 4.69) is 19.1 Å². The average molecular weight is 391 g/mol. The van der Waals surface area contributed by atoms with Crippen LogP contribution in [0.4, 0.5) is 13.2 Å². The summed E-state index contributed by atoms with van der Waals surface area (Å²) in [4.78, 5) is 0. The van der Waals surface area contributed by atoms with Gasteiger partial charge in [-0.1, -0.05) is 63.7 Å². The third kappa shape index (κ3) is 5.52. The number of hydrogen-bond donors (Lipinski definition) is 0. The smallest absolute Gasteiger partial charge is 0.194 e. The largest absolute Gasteiger partial charge is 0.204 e. The Morgan fingerprint density at radius 3 is 2.18 bits per heavy atom. The molecule has 0 heterocycles. The van der Waals surface area contributed by atoms with Crippen LogP contribution in [0.1, 0.15) is 89.0 Å². The summed E-state index contributed by atoms with van der Waals surface area (Å²) in [7, 11) is 0. The Morgan fingerprint density at radius 1 is 0.893 bits per heavy atom. The zero-order valence-corrected chi connectivity index (χ0v) is 17.0. The minimum absolute atomic E-state index is 0.0761. The Bertz CT molecular complexity index is 673. The number of hydrogen-bond acceptors (Lipinski definition) is 0. The maximum atomic E-state index is 13.5. The Balaban J connectivity index is 1.46. The molecule has 3 heteroatoms. The molecule has 154 valence electrons. The Labute approximate surface area is 167 Å². The van der Waals surface area contributed by atoms with Crippen molar-refractivity contribution < 1.29 is 13.2 Å². The lowest BCUT2D eigenvalue weighted by Crippen LogP contribution is -2.17. The van der Waals surface area contributed by atoms with Gasteiger partial charge < -0.3 is 0 Å². The Morgan fingerprint density at radius 2 is 1.57 bits per heavy atom. The van der Waals surface area contributed by atoms with Gasteiger partial charge in [-0.25, -0.2) is 13.2 Å². The van der Waals surface area contributed by atoms with Gasteiger partial charge in [0.05, 0.1) is 0 Å². The molecule has 0 nitrogen and oxygen atoms in total. The second-order valence-electron chi connectivity index (χ2n) is 8.62. The third-order valence-corrected chi connectivity index (χ3v) is 6.60. The van der Waals surface area contributed by atoms with Crippen LogP contribution in [-0.4, -0.2) is 0 Å². The van der Waals surface area contributed by atoms with E-state index >= 15 is 0 Å². The fourth-order valence-corrected chi connectivity index (χ4v) is 4.80. The minimum Gasteiger partial charge on any atom is -0.204 e. The minimum atomic E-state index is -1.39. The van der Waals surface area contributed by atoms with E-state index in [-0.39, 0.29) is 5.92 Å². The Hall–Kier alpha value is -1.51. The molecule has 0 aliphatic heterocycles. The Kier molecular flexibility index (Phi) is 7.82. The topological polar surface area (TPSA) is 0 Å². The molecule has 0 aromatic heterocycles. The molecule has 2 aliphatic rings. The van der Waals surface area contributed by atoms with Crippen LogP contribution in [0.3, 0.4) is 0 Å². The van der Waals surface area contributed by atoms with E-state index in [0.717, 1.165) is 24.5 Å². The van der Waals surface area contributed by atoms with Crippen molar-refractivity contribution in [2.24, 2.45) is 11.8 Å². The van der Waals surface area contributed by atoms with Crippen molar-refractivity contribution in [1.82, 2.24) is 0 Å². The van der Waals surface area contributed by atoms with Crippen LogP contribution in [0.15, 0.2) is 35.9 Å². The van der Waals surface area contributed by atoms with Crippen molar-refractivity contribution in [1.29, 1.82) is 0 Å². The van der Waals surface area contributed by atoms with Gasteiger partial charge in [-0.15, -0.1) is 0 Å². The average Bonchev–Trinajstić information content (AvgIpc) is 2.72. The molecular weight excluding hydrogens is 357 g/mol. The van der Waals surface area contributed by atoms with E-state index in [4.69, 9.17) is 0 Å². The lowest BCUT2D eigenvalue weighted by Gasteiger charge is -2.31. The molecule has 1 fully saturated rings. The second kappa shape index (κ2) is 10.3. The van der Waals surface area contributed by atoms with Crippen molar-refractivity contribution in [3.05, 3.63) is 58.9 Å². The van der Waals surface area contributed by atoms with Gasteiger partial charge in [0.1, 0.15) is 0 Å². The molecule has 0 saturated heterocycles. The molecule has 1 aromatic rings. The maximum Gasteiger partial charge on any atom is 0.194 e. The van der Waals surface area contributed by atoms with E-state index in [0.29, 0.717) is 11.5 Å². The molecule has 1 atom stereocenters. The standard InChI is InChI=1S/C25H33F3/c1-2-3-4-5-6-7-18-8-10-19(11-9-18)20-12-14-21(15-13-20)22-16-23(26)25(28)24(27)17-22/h12-14,16-19,21H,2-11,15H2,1H3. The van der Waals surface area contributed by atoms with Crippen LogP contribution in [0.25, 0.3) is 0 Å². The monoisotopic (exact) mass is 390 g/mol. The van der Waals surface area contributed by atoms with Crippen LogP contribution in [0.5, 0.6) is 0 Å². The lowest BCUT2D eigenvalue weighted by molar-refractivity contribution is 0.283. The SMILES string of the molecule is CCCCCCCC1CCC(C2=CCC(c3cc(F)c(F)c(F)c3)C=C2)CC1. The molecule has 0 bridgehead atoms. The molecule has 0 radical (unpaired) electrons. The summed E-state index contributed by atoms with van der Waals surface area (Å²) in [5.41, 5.74) is 1.88. The van der Waals surface area contributed by atoms with E-state index in [9.17, 15) is 13.2 Å². The molecule has 0 amide bonds. The van der Waals surface area contributed by atoms with Gasteiger partial charge in [0.25, 0.3) is 0 Å². The molecule has 1 aromatic carbocycles. The van der Waals surface area contributed by atoms with Crippen molar-refractivity contribution in [2.75, 3.05) is 0 Å². The molecule has 2 aliphatic carbocycles. The van der Waals surface area contributed by atoms with E-state index in [1.54, 1.807) is 0 Å².